The van der Waals surface area contributed by atoms with Crippen LogP contribution in [-0.4, -0.2) is 4.98 Å². The molecule has 0 spiro atoms. The second-order valence-corrected chi connectivity index (χ2v) is 5.17. The van der Waals surface area contributed by atoms with Crippen LogP contribution in [0.5, 0.6) is 0 Å². The molecule has 3 rings (SSSR count). The van der Waals surface area contributed by atoms with Gasteiger partial charge in [-0.05, 0) is 42.0 Å². The van der Waals surface area contributed by atoms with Gasteiger partial charge in [0.05, 0.1) is 17.9 Å². The first-order valence-corrected chi connectivity index (χ1v) is 6.71. The average molecular weight is 256 g/mol. The molecule has 1 fully saturated rings. The monoisotopic (exact) mass is 256 g/mol. The van der Waals surface area contributed by atoms with Gasteiger partial charge in [-0.15, -0.1) is 0 Å². The predicted molar refractivity (Wildman–Crippen MR) is 73.3 cm³/mol. The lowest BCUT2D eigenvalue weighted by molar-refractivity contribution is 0.419. The van der Waals surface area contributed by atoms with Gasteiger partial charge in [-0.25, -0.2) is 4.39 Å². The van der Waals surface area contributed by atoms with Crippen molar-refractivity contribution in [2.45, 2.75) is 31.2 Å². The molecule has 1 unspecified atom stereocenters. The topological polar surface area (TPSA) is 38.9 Å². The quantitative estimate of drug-likeness (QED) is 0.912. The van der Waals surface area contributed by atoms with Crippen LogP contribution in [0.4, 0.5) is 4.39 Å². The second-order valence-electron chi connectivity index (χ2n) is 5.17. The number of rotatable bonds is 3. The lowest BCUT2D eigenvalue weighted by atomic mass is 9.80. The number of aromatic nitrogens is 1. The number of benzene rings is 1. The van der Waals surface area contributed by atoms with Gasteiger partial charge in [0, 0.05) is 0 Å². The van der Waals surface area contributed by atoms with Crippen LogP contribution >= 0.6 is 0 Å². The zero-order valence-corrected chi connectivity index (χ0v) is 10.7. The lowest BCUT2D eigenvalue weighted by Crippen LogP contribution is -2.14. The second kappa shape index (κ2) is 5.10. The van der Waals surface area contributed by atoms with Crippen molar-refractivity contribution in [1.82, 2.24) is 4.98 Å². The highest BCUT2D eigenvalue weighted by Crippen LogP contribution is 2.36. The average Bonchev–Trinajstić information content (AvgIpc) is 2.38. The molecule has 1 aliphatic rings. The Balaban J connectivity index is 1.79. The Hall–Kier alpha value is -1.74. The van der Waals surface area contributed by atoms with Gasteiger partial charge in [0.2, 0.25) is 0 Å². The van der Waals surface area contributed by atoms with Crippen LogP contribution in [0.3, 0.4) is 0 Å². The standard InChI is InChI=1S/C16H17FN2/c17-14-8-9-15(19-10-14)16(18)13-6-4-12(5-7-13)11-2-1-3-11/h4-11,16H,1-3,18H2. The zero-order valence-electron chi connectivity index (χ0n) is 10.7. The van der Waals surface area contributed by atoms with Crippen LogP contribution in [-0.2, 0) is 0 Å². The summed E-state index contributed by atoms with van der Waals surface area (Å²) >= 11 is 0. The lowest BCUT2D eigenvalue weighted by Gasteiger charge is -2.26. The van der Waals surface area contributed by atoms with E-state index in [1.165, 1.54) is 37.1 Å². The minimum Gasteiger partial charge on any atom is -0.319 e. The number of nitrogens with zero attached hydrogens (tertiary/aromatic N) is 1. The van der Waals surface area contributed by atoms with Gasteiger partial charge in [0.1, 0.15) is 5.82 Å². The summed E-state index contributed by atoms with van der Waals surface area (Å²) in [7, 11) is 0. The van der Waals surface area contributed by atoms with E-state index in [0.717, 1.165) is 11.5 Å². The van der Waals surface area contributed by atoms with Gasteiger partial charge in [-0.2, -0.15) is 0 Å². The summed E-state index contributed by atoms with van der Waals surface area (Å²) in [6, 6.07) is 11.2. The molecule has 1 aromatic heterocycles. The summed E-state index contributed by atoms with van der Waals surface area (Å²) in [5.74, 6) is 0.394. The van der Waals surface area contributed by atoms with E-state index in [9.17, 15) is 4.39 Å². The highest BCUT2D eigenvalue weighted by Gasteiger charge is 2.19. The molecular weight excluding hydrogens is 239 g/mol. The summed E-state index contributed by atoms with van der Waals surface area (Å²) < 4.78 is 12.8. The van der Waals surface area contributed by atoms with E-state index >= 15 is 0 Å². The normalized spacial score (nSPS) is 16.9. The van der Waals surface area contributed by atoms with E-state index in [0.29, 0.717) is 5.69 Å². The third-order valence-corrected chi connectivity index (χ3v) is 3.94. The Morgan fingerprint density at radius 2 is 1.84 bits per heavy atom. The number of pyridine rings is 1. The molecule has 2 N–H and O–H groups in total. The van der Waals surface area contributed by atoms with Crippen molar-refractivity contribution in [1.29, 1.82) is 0 Å². The molecule has 0 saturated heterocycles. The van der Waals surface area contributed by atoms with Gasteiger partial charge >= 0.3 is 0 Å². The molecule has 1 saturated carbocycles. The Morgan fingerprint density at radius 3 is 2.37 bits per heavy atom. The van der Waals surface area contributed by atoms with Crippen LogP contribution in [0.2, 0.25) is 0 Å². The molecule has 2 nitrogen and oxygen atoms in total. The molecule has 1 heterocycles. The highest BCUT2D eigenvalue weighted by atomic mass is 19.1. The molecule has 2 aromatic rings. The number of hydrogen-bond donors (Lipinski definition) is 1. The molecule has 98 valence electrons. The Labute approximate surface area is 112 Å². The third-order valence-electron chi connectivity index (χ3n) is 3.94. The zero-order chi connectivity index (χ0) is 13.2. The maximum Gasteiger partial charge on any atom is 0.141 e. The number of hydrogen-bond acceptors (Lipinski definition) is 2. The van der Waals surface area contributed by atoms with Crippen molar-refractivity contribution in [3.63, 3.8) is 0 Å². The summed E-state index contributed by atoms with van der Waals surface area (Å²) in [5.41, 5.74) is 9.26. The van der Waals surface area contributed by atoms with E-state index in [1.807, 2.05) is 0 Å². The van der Waals surface area contributed by atoms with Crippen LogP contribution in [0.15, 0.2) is 42.6 Å². The van der Waals surface area contributed by atoms with Gasteiger partial charge in [-0.1, -0.05) is 30.7 Å². The Kier molecular flexibility index (Phi) is 3.30. The van der Waals surface area contributed by atoms with Gasteiger partial charge < -0.3 is 5.73 Å². The molecule has 1 aromatic carbocycles. The Morgan fingerprint density at radius 1 is 1.11 bits per heavy atom. The van der Waals surface area contributed by atoms with Crippen molar-refractivity contribution in [3.05, 3.63) is 65.2 Å². The fourth-order valence-electron chi connectivity index (χ4n) is 2.46. The van der Waals surface area contributed by atoms with E-state index in [-0.39, 0.29) is 11.9 Å². The smallest absolute Gasteiger partial charge is 0.141 e. The Bertz CT molecular complexity index is 544. The SMILES string of the molecule is NC(c1ccc(C2CCC2)cc1)c1ccc(F)cn1. The van der Waals surface area contributed by atoms with E-state index in [4.69, 9.17) is 5.73 Å². The van der Waals surface area contributed by atoms with Crippen molar-refractivity contribution >= 4 is 0 Å². The first kappa shape index (κ1) is 12.3. The molecule has 1 aliphatic carbocycles. The molecule has 0 amide bonds. The van der Waals surface area contributed by atoms with Crippen molar-refractivity contribution in [2.24, 2.45) is 5.73 Å². The maximum atomic E-state index is 12.8. The highest BCUT2D eigenvalue weighted by molar-refractivity contribution is 5.32. The molecule has 3 heteroatoms. The van der Waals surface area contributed by atoms with Crippen LogP contribution in [0.25, 0.3) is 0 Å². The fraction of sp³-hybridized carbons (Fsp3) is 0.312. The van der Waals surface area contributed by atoms with Crippen LogP contribution in [0.1, 0.15) is 48.0 Å². The van der Waals surface area contributed by atoms with Crippen molar-refractivity contribution in [3.8, 4) is 0 Å². The minimum absolute atomic E-state index is 0.295. The molecule has 19 heavy (non-hydrogen) atoms. The predicted octanol–water partition coefficient (Wildman–Crippen LogP) is 3.54. The van der Waals surface area contributed by atoms with E-state index < -0.39 is 0 Å². The van der Waals surface area contributed by atoms with Gasteiger partial charge in [-0.3, -0.25) is 4.98 Å². The van der Waals surface area contributed by atoms with Crippen LogP contribution < -0.4 is 5.73 Å². The van der Waals surface area contributed by atoms with Crippen LogP contribution in [0, 0.1) is 5.82 Å². The third kappa shape index (κ3) is 2.51. The fourth-order valence-corrected chi connectivity index (χ4v) is 2.46. The molecular formula is C16H17FN2. The van der Waals surface area contributed by atoms with Crippen molar-refractivity contribution < 1.29 is 4.39 Å². The summed E-state index contributed by atoms with van der Waals surface area (Å²) in [6.07, 6.45) is 5.14. The van der Waals surface area contributed by atoms with Gasteiger partial charge in [0.15, 0.2) is 0 Å². The first-order chi connectivity index (χ1) is 9.24. The summed E-state index contributed by atoms with van der Waals surface area (Å²) in [6.45, 7) is 0. The number of nitrogens with two attached hydrogens (primary N) is 1. The number of halogens is 1. The summed E-state index contributed by atoms with van der Waals surface area (Å²) in [5, 5.41) is 0. The van der Waals surface area contributed by atoms with Gasteiger partial charge in [0.25, 0.3) is 0 Å². The van der Waals surface area contributed by atoms with E-state index in [2.05, 4.69) is 29.2 Å². The molecule has 0 radical (unpaired) electrons. The molecule has 0 bridgehead atoms. The van der Waals surface area contributed by atoms with Crippen molar-refractivity contribution in [2.75, 3.05) is 0 Å². The summed E-state index contributed by atoms with van der Waals surface area (Å²) in [4.78, 5) is 4.04. The molecule has 1 atom stereocenters. The minimum atomic E-state index is -0.337. The van der Waals surface area contributed by atoms with E-state index in [1.54, 1.807) is 6.07 Å². The first-order valence-electron chi connectivity index (χ1n) is 6.71. The largest absolute Gasteiger partial charge is 0.319 e. The molecule has 0 aliphatic heterocycles. The maximum absolute atomic E-state index is 12.8.